The van der Waals surface area contributed by atoms with Crippen molar-refractivity contribution in [1.82, 2.24) is 24.7 Å². The molecule has 0 aliphatic carbocycles. The van der Waals surface area contributed by atoms with Gasteiger partial charge in [-0.1, -0.05) is 6.42 Å². The van der Waals surface area contributed by atoms with Gasteiger partial charge >= 0.3 is 0 Å². The third kappa shape index (κ3) is 4.37. The molecule has 2 aromatic rings. The molecule has 2 saturated heterocycles. The zero-order valence-electron chi connectivity index (χ0n) is 15.9. The number of likely N-dealkylation sites (tertiary alicyclic amines) is 1. The molecular formula is C20H31N5O. The first-order valence-electron chi connectivity index (χ1n) is 10.00. The number of aromatic nitrogens is 2. The van der Waals surface area contributed by atoms with Crippen molar-refractivity contribution in [2.75, 3.05) is 59.5 Å². The van der Waals surface area contributed by atoms with Gasteiger partial charge in [-0.2, -0.15) is 0 Å². The van der Waals surface area contributed by atoms with Crippen molar-refractivity contribution in [3.63, 3.8) is 0 Å². The molecule has 0 radical (unpaired) electrons. The summed E-state index contributed by atoms with van der Waals surface area (Å²) < 4.78 is 5.29. The number of aromatic amines is 1. The Labute approximate surface area is 156 Å². The number of rotatable bonds is 6. The van der Waals surface area contributed by atoms with Crippen LogP contribution in [0.15, 0.2) is 18.2 Å². The maximum absolute atomic E-state index is 5.29. The molecule has 6 heteroatoms. The van der Waals surface area contributed by atoms with Crippen molar-refractivity contribution in [2.45, 2.75) is 25.8 Å². The topological polar surface area (TPSA) is 47.6 Å². The number of piperidine rings is 1. The number of imidazole rings is 1. The summed E-state index contributed by atoms with van der Waals surface area (Å²) in [5.41, 5.74) is 2.07. The van der Waals surface area contributed by atoms with Crippen LogP contribution in [0.3, 0.4) is 0 Å². The van der Waals surface area contributed by atoms with E-state index in [1.165, 1.54) is 58.5 Å². The van der Waals surface area contributed by atoms with Gasteiger partial charge in [0.25, 0.3) is 0 Å². The predicted molar refractivity (Wildman–Crippen MR) is 105 cm³/mol. The van der Waals surface area contributed by atoms with Crippen molar-refractivity contribution in [2.24, 2.45) is 0 Å². The van der Waals surface area contributed by atoms with Crippen LogP contribution in [0.4, 0.5) is 0 Å². The van der Waals surface area contributed by atoms with E-state index < -0.39 is 0 Å². The Morgan fingerprint density at radius 2 is 1.62 bits per heavy atom. The van der Waals surface area contributed by atoms with Crippen molar-refractivity contribution in [3.8, 4) is 5.75 Å². The quantitative estimate of drug-likeness (QED) is 0.859. The van der Waals surface area contributed by atoms with E-state index in [4.69, 9.17) is 9.72 Å². The van der Waals surface area contributed by atoms with Gasteiger partial charge in [-0.15, -0.1) is 0 Å². The van der Waals surface area contributed by atoms with Gasteiger partial charge in [0, 0.05) is 45.3 Å². The van der Waals surface area contributed by atoms with Gasteiger partial charge < -0.3 is 14.6 Å². The molecule has 1 N–H and O–H groups in total. The summed E-state index contributed by atoms with van der Waals surface area (Å²) in [5.74, 6) is 1.92. The molecule has 0 spiro atoms. The van der Waals surface area contributed by atoms with Crippen LogP contribution >= 0.6 is 0 Å². The third-order valence-electron chi connectivity index (χ3n) is 5.76. The first-order valence-corrected chi connectivity index (χ1v) is 10.00. The lowest BCUT2D eigenvalue weighted by atomic mass is 10.1. The van der Waals surface area contributed by atoms with E-state index in [0.29, 0.717) is 0 Å². The highest BCUT2D eigenvalue weighted by atomic mass is 16.5. The van der Waals surface area contributed by atoms with Crippen molar-refractivity contribution in [1.29, 1.82) is 0 Å². The summed E-state index contributed by atoms with van der Waals surface area (Å²) in [6, 6.07) is 6.01. The predicted octanol–water partition coefficient (Wildman–Crippen LogP) is 2.17. The van der Waals surface area contributed by atoms with E-state index in [9.17, 15) is 0 Å². The van der Waals surface area contributed by atoms with E-state index >= 15 is 0 Å². The number of fused-ring (bicyclic) bond motifs is 1. The molecule has 1 aromatic heterocycles. The van der Waals surface area contributed by atoms with Crippen LogP contribution in [-0.2, 0) is 6.54 Å². The van der Waals surface area contributed by atoms with Crippen LogP contribution in [0.5, 0.6) is 5.75 Å². The number of nitrogens with zero attached hydrogens (tertiary/aromatic N) is 4. The van der Waals surface area contributed by atoms with Crippen LogP contribution in [0, 0.1) is 0 Å². The fourth-order valence-corrected chi connectivity index (χ4v) is 4.09. The molecular weight excluding hydrogens is 326 g/mol. The molecule has 0 amide bonds. The zero-order valence-corrected chi connectivity index (χ0v) is 15.9. The Morgan fingerprint density at radius 3 is 2.35 bits per heavy atom. The average molecular weight is 358 g/mol. The van der Waals surface area contributed by atoms with Crippen molar-refractivity contribution >= 4 is 11.0 Å². The van der Waals surface area contributed by atoms with Crippen molar-refractivity contribution in [3.05, 3.63) is 24.0 Å². The highest BCUT2D eigenvalue weighted by Crippen LogP contribution is 2.19. The molecule has 0 bridgehead atoms. The van der Waals surface area contributed by atoms with Crippen LogP contribution in [0.2, 0.25) is 0 Å². The Bertz CT molecular complexity index is 701. The number of methoxy groups -OCH3 is 1. The minimum absolute atomic E-state index is 0.870. The summed E-state index contributed by atoms with van der Waals surface area (Å²) >= 11 is 0. The zero-order chi connectivity index (χ0) is 17.8. The smallest absolute Gasteiger partial charge is 0.121 e. The number of H-pyrrole nitrogens is 1. The molecule has 0 saturated carbocycles. The third-order valence-corrected chi connectivity index (χ3v) is 5.76. The number of piperazine rings is 1. The lowest BCUT2D eigenvalue weighted by Gasteiger charge is -2.36. The highest BCUT2D eigenvalue weighted by Gasteiger charge is 2.19. The van der Waals surface area contributed by atoms with Gasteiger partial charge in [0.15, 0.2) is 0 Å². The molecule has 6 nitrogen and oxygen atoms in total. The van der Waals surface area contributed by atoms with Crippen LogP contribution in [0.25, 0.3) is 11.0 Å². The van der Waals surface area contributed by atoms with Gasteiger partial charge in [-0.25, -0.2) is 4.98 Å². The SMILES string of the molecule is COc1ccc2nc(CN3CCN(CCN4CCCCC4)CC3)[nH]c2c1. The number of hydrogen-bond acceptors (Lipinski definition) is 5. The Morgan fingerprint density at radius 1 is 0.923 bits per heavy atom. The van der Waals surface area contributed by atoms with Crippen LogP contribution < -0.4 is 4.74 Å². The lowest BCUT2D eigenvalue weighted by Crippen LogP contribution is -2.48. The molecule has 2 aliphatic heterocycles. The maximum atomic E-state index is 5.29. The van der Waals surface area contributed by atoms with Gasteiger partial charge in [0.1, 0.15) is 11.6 Å². The van der Waals surface area contributed by atoms with Crippen molar-refractivity contribution < 1.29 is 4.74 Å². The van der Waals surface area contributed by atoms with E-state index in [1.54, 1.807) is 7.11 Å². The first kappa shape index (κ1) is 17.8. The minimum atomic E-state index is 0.870. The van der Waals surface area contributed by atoms with Crippen LogP contribution in [0.1, 0.15) is 25.1 Å². The highest BCUT2D eigenvalue weighted by molar-refractivity contribution is 5.76. The second-order valence-corrected chi connectivity index (χ2v) is 7.59. The second-order valence-electron chi connectivity index (χ2n) is 7.59. The summed E-state index contributed by atoms with van der Waals surface area (Å²) in [6.07, 6.45) is 4.19. The second kappa shape index (κ2) is 8.37. The van der Waals surface area contributed by atoms with Gasteiger partial charge in [-0.3, -0.25) is 9.80 Å². The maximum Gasteiger partial charge on any atom is 0.121 e. The molecule has 2 fully saturated rings. The van der Waals surface area contributed by atoms with Gasteiger partial charge in [-0.05, 0) is 38.1 Å². The standard InChI is InChI=1S/C20H31N5O/c1-26-17-5-6-18-19(15-17)22-20(21-18)16-25-13-11-24(12-14-25)10-9-23-7-3-2-4-8-23/h5-6,15H,2-4,7-14,16H2,1H3,(H,21,22). The van der Waals surface area contributed by atoms with Gasteiger partial charge in [0.2, 0.25) is 0 Å². The van der Waals surface area contributed by atoms with E-state index in [-0.39, 0.29) is 0 Å². The van der Waals surface area contributed by atoms with Crippen LogP contribution in [-0.4, -0.2) is 84.1 Å². The normalized spacial score (nSPS) is 20.7. The lowest BCUT2D eigenvalue weighted by molar-refractivity contribution is 0.108. The molecule has 0 atom stereocenters. The molecule has 26 heavy (non-hydrogen) atoms. The molecule has 4 rings (SSSR count). The van der Waals surface area contributed by atoms with E-state index in [1.807, 2.05) is 18.2 Å². The molecule has 1 aromatic carbocycles. The fraction of sp³-hybridized carbons (Fsp3) is 0.650. The minimum Gasteiger partial charge on any atom is -0.497 e. The summed E-state index contributed by atoms with van der Waals surface area (Å²) in [6.45, 7) is 10.6. The Hall–Kier alpha value is -1.63. The summed E-state index contributed by atoms with van der Waals surface area (Å²) in [7, 11) is 1.70. The first-order chi connectivity index (χ1) is 12.8. The fourth-order valence-electron chi connectivity index (χ4n) is 4.09. The Kier molecular flexibility index (Phi) is 5.72. The monoisotopic (exact) mass is 357 g/mol. The number of ether oxygens (including phenoxy) is 1. The molecule has 3 heterocycles. The molecule has 2 aliphatic rings. The van der Waals surface area contributed by atoms with E-state index in [2.05, 4.69) is 19.7 Å². The Balaban J connectivity index is 1.24. The summed E-state index contributed by atoms with van der Waals surface area (Å²) in [5, 5.41) is 0. The molecule has 0 unspecified atom stereocenters. The largest absolute Gasteiger partial charge is 0.497 e. The average Bonchev–Trinajstić information content (AvgIpc) is 3.09. The summed E-state index contributed by atoms with van der Waals surface area (Å²) in [4.78, 5) is 15.9. The van der Waals surface area contributed by atoms with E-state index in [0.717, 1.165) is 42.2 Å². The molecule has 142 valence electrons. The number of nitrogens with one attached hydrogen (secondary N) is 1. The number of hydrogen-bond donors (Lipinski definition) is 1. The number of benzene rings is 1. The van der Waals surface area contributed by atoms with Gasteiger partial charge in [0.05, 0.1) is 24.7 Å².